The summed E-state index contributed by atoms with van der Waals surface area (Å²) in [5, 5.41) is 3.31. The van der Waals surface area contributed by atoms with Gasteiger partial charge in [0.15, 0.2) is 0 Å². The van der Waals surface area contributed by atoms with Crippen LogP contribution in [0.15, 0.2) is 24.3 Å². The summed E-state index contributed by atoms with van der Waals surface area (Å²) in [7, 11) is 3.79. The molecular formula is C15H25NO. The number of methoxy groups -OCH3 is 1. The zero-order chi connectivity index (χ0) is 12.7. The number of likely N-dealkylation sites (N-methyl/N-ethyl adjacent to an activating group) is 1. The maximum Gasteiger partial charge on any atom is 0.0465 e. The molecule has 2 unspecified atom stereocenters. The Bertz CT molecular complexity index is 324. The molecule has 0 aliphatic carbocycles. The van der Waals surface area contributed by atoms with E-state index < -0.39 is 0 Å². The molecule has 1 rings (SSSR count). The maximum atomic E-state index is 5.19. The number of aryl methyl sites for hydroxylation is 1. The highest BCUT2D eigenvalue weighted by Crippen LogP contribution is 2.28. The summed E-state index contributed by atoms with van der Waals surface area (Å²) in [5.74, 6) is 1.19. The van der Waals surface area contributed by atoms with Crippen LogP contribution in [0.25, 0.3) is 0 Å². The van der Waals surface area contributed by atoms with E-state index in [0.29, 0.717) is 11.8 Å². The van der Waals surface area contributed by atoms with Gasteiger partial charge in [0, 0.05) is 20.3 Å². The molecule has 1 N–H and O–H groups in total. The molecular weight excluding hydrogens is 210 g/mol. The zero-order valence-corrected chi connectivity index (χ0v) is 11.5. The van der Waals surface area contributed by atoms with Crippen molar-refractivity contribution in [2.24, 2.45) is 5.92 Å². The van der Waals surface area contributed by atoms with Gasteiger partial charge >= 0.3 is 0 Å². The topological polar surface area (TPSA) is 21.3 Å². The predicted octanol–water partition coefficient (Wildman–Crippen LogP) is 2.97. The second kappa shape index (κ2) is 7.46. The number of hydrogen-bond acceptors (Lipinski definition) is 2. The number of hydrogen-bond donors (Lipinski definition) is 1. The average molecular weight is 235 g/mol. The van der Waals surface area contributed by atoms with Crippen LogP contribution in [0.2, 0.25) is 0 Å². The van der Waals surface area contributed by atoms with Gasteiger partial charge in [0.2, 0.25) is 0 Å². The summed E-state index contributed by atoms with van der Waals surface area (Å²) < 4.78 is 5.19. The van der Waals surface area contributed by atoms with Crippen LogP contribution in [0.5, 0.6) is 0 Å². The van der Waals surface area contributed by atoms with Crippen molar-refractivity contribution in [2.75, 3.05) is 27.3 Å². The van der Waals surface area contributed by atoms with E-state index in [-0.39, 0.29) is 0 Å². The lowest BCUT2D eigenvalue weighted by Crippen LogP contribution is -2.24. The van der Waals surface area contributed by atoms with Gasteiger partial charge in [-0.25, -0.2) is 0 Å². The molecule has 0 heterocycles. The molecule has 96 valence electrons. The molecule has 2 nitrogen and oxygen atoms in total. The second-order valence-electron chi connectivity index (χ2n) is 4.78. The molecule has 0 aliphatic heterocycles. The Hall–Kier alpha value is -0.860. The molecule has 1 aromatic rings. The van der Waals surface area contributed by atoms with Gasteiger partial charge in [-0.1, -0.05) is 31.2 Å². The van der Waals surface area contributed by atoms with Crippen molar-refractivity contribution in [1.82, 2.24) is 5.32 Å². The Morgan fingerprint density at radius 1 is 1.29 bits per heavy atom. The van der Waals surface area contributed by atoms with Gasteiger partial charge in [0.05, 0.1) is 0 Å². The first-order valence-corrected chi connectivity index (χ1v) is 6.39. The molecule has 0 aliphatic rings. The zero-order valence-electron chi connectivity index (χ0n) is 11.5. The highest BCUT2D eigenvalue weighted by molar-refractivity contribution is 5.29. The highest BCUT2D eigenvalue weighted by atomic mass is 16.5. The van der Waals surface area contributed by atoms with Crippen LogP contribution in [-0.2, 0) is 4.74 Å². The minimum absolute atomic E-state index is 0.566. The van der Waals surface area contributed by atoms with Gasteiger partial charge in [-0.05, 0) is 43.4 Å². The van der Waals surface area contributed by atoms with Crippen molar-refractivity contribution in [3.8, 4) is 0 Å². The first-order valence-electron chi connectivity index (χ1n) is 6.39. The lowest BCUT2D eigenvalue weighted by Gasteiger charge is -2.25. The van der Waals surface area contributed by atoms with E-state index in [0.717, 1.165) is 19.6 Å². The minimum atomic E-state index is 0.566. The monoisotopic (exact) mass is 235 g/mol. The molecule has 0 amide bonds. The van der Waals surface area contributed by atoms with Gasteiger partial charge in [-0.2, -0.15) is 0 Å². The summed E-state index contributed by atoms with van der Waals surface area (Å²) in [6, 6.07) is 8.69. The van der Waals surface area contributed by atoms with E-state index in [4.69, 9.17) is 4.74 Å². The van der Waals surface area contributed by atoms with E-state index in [1.165, 1.54) is 11.1 Å². The third-order valence-corrected chi connectivity index (χ3v) is 3.48. The predicted molar refractivity (Wildman–Crippen MR) is 73.5 cm³/mol. The number of ether oxygens (including phenoxy) is 1. The third kappa shape index (κ3) is 4.14. The van der Waals surface area contributed by atoms with E-state index in [9.17, 15) is 0 Å². The van der Waals surface area contributed by atoms with Gasteiger partial charge in [-0.3, -0.25) is 0 Å². The second-order valence-corrected chi connectivity index (χ2v) is 4.78. The van der Waals surface area contributed by atoms with Crippen molar-refractivity contribution >= 4 is 0 Å². The molecule has 0 aromatic heterocycles. The fraction of sp³-hybridized carbons (Fsp3) is 0.600. The summed E-state index contributed by atoms with van der Waals surface area (Å²) in [6.07, 6.45) is 1.11. The number of rotatable bonds is 7. The summed E-state index contributed by atoms with van der Waals surface area (Å²) in [6.45, 7) is 6.37. The van der Waals surface area contributed by atoms with Crippen LogP contribution in [0.3, 0.4) is 0 Å². The van der Waals surface area contributed by atoms with Gasteiger partial charge in [0.25, 0.3) is 0 Å². The van der Waals surface area contributed by atoms with Crippen molar-refractivity contribution in [1.29, 1.82) is 0 Å². The van der Waals surface area contributed by atoms with E-state index in [1.807, 2.05) is 7.05 Å². The minimum Gasteiger partial charge on any atom is -0.385 e. The van der Waals surface area contributed by atoms with E-state index in [2.05, 4.69) is 43.4 Å². The van der Waals surface area contributed by atoms with Crippen LogP contribution in [0.4, 0.5) is 0 Å². The molecule has 0 saturated heterocycles. The maximum absolute atomic E-state index is 5.19. The quantitative estimate of drug-likeness (QED) is 0.784. The van der Waals surface area contributed by atoms with Crippen LogP contribution >= 0.6 is 0 Å². The van der Waals surface area contributed by atoms with Crippen LogP contribution < -0.4 is 5.32 Å². The molecule has 0 fully saturated rings. The molecule has 17 heavy (non-hydrogen) atoms. The van der Waals surface area contributed by atoms with Crippen molar-refractivity contribution < 1.29 is 4.74 Å². The molecule has 1 aromatic carbocycles. The number of nitrogens with one attached hydrogen (secondary N) is 1. The molecule has 0 radical (unpaired) electrons. The summed E-state index contributed by atoms with van der Waals surface area (Å²) >= 11 is 0. The first-order chi connectivity index (χ1) is 8.20. The van der Waals surface area contributed by atoms with Crippen molar-refractivity contribution in [2.45, 2.75) is 26.2 Å². The smallest absolute Gasteiger partial charge is 0.0465 e. The Morgan fingerprint density at radius 2 is 2.00 bits per heavy atom. The Morgan fingerprint density at radius 3 is 2.59 bits per heavy atom. The lowest BCUT2D eigenvalue weighted by molar-refractivity contribution is 0.174. The van der Waals surface area contributed by atoms with Crippen LogP contribution in [0, 0.1) is 12.8 Å². The normalized spacial score (nSPS) is 14.6. The Balaban J connectivity index is 2.81. The fourth-order valence-corrected chi connectivity index (χ4v) is 2.35. The summed E-state index contributed by atoms with van der Waals surface area (Å²) in [5.41, 5.74) is 2.85. The summed E-state index contributed by atoms with van der Waals surface area (Å²) in [4.78, 5) is 0. The van der Waals surface area contributed by atoms with Gasteiger partial charge in [-0.15, -0.1) is 0 Å². The SMILES string of the molecule is CNCC(c1ccccc1C)C(C)CCOC. The number of benzene rings is 1. The molecule has 0 spiro atoms. The van der Waals surface area contributed by atoms with E-state index >= 15 is 0 Å². The first kappa shape index (κ1) is 14.2. The molecule has 2 atom stereocenters. The molecule has 2 heteroatoms. The fourth-order valence-electron chi connectivity index (χ4n) is 2.35. The molecule has 0 bridgehead atoms. The van der Waals surface area contributed by atoms with Crippen LogP contribution in [0.1, 0.15) is 30.4 Å². The highest BCUT2D eigenvalue weighted by Gasteiger charge is 2.19. The third-order valence-electron chi connectivity index (χ3n) is 3.48. The standard InChI is InChI=1S/C15H25NO/c1-12-7-5-6-8-14(12)15(11-16-3)13(2)9-10-17-4/h5-8,13,15-16H,9-11H2,1-4H3. The lowest BCUT2D eigenvalue weighted by atomic mass is 9.83. The average Bonchev–Trinajstić information content (AvgIpc) is 2.34. The largest absolute Gasteiger partial charge is 0.385 e. The Labute approximate surface area is 105 Å². The van der Waals surface area contributed by atoms with Gasteiger partial charge in [0.1, 0.15) is 0 Å². The van der Waals surface area contributed by atoms with Crippen LogP contribution in [-0.4, -0.2) is 27.3 Å². The van der Waals surface area contributed by atoms with Crippen molar-refractivity contribution in [3.05, 3.63) is 35.4 Å². The van der Waals surface area contributed by atoms with Gasteiger partial charge < -0.3 is 10.1 Å². The Kier molecular flexibility index (Phi) is 6.23. The van der Waals surface area contributed by atoms with Crippen molar-refractivity contribution in [3.63, 3.8) is 0 Å². The molecule has 0 saturated carbocycles. The van der Waals surface area contributed by atoms with E-state index in [1.54, 1.807) is 7.11 Å².